The van der Waals surface area contributed by atoms with Gasteiger partial charge in [-0.15, -0.1) is 0 Å². The first-order valence-electron chi connectivity index (χ1n) is 7.67. The number of rotatable bonds is 3. The van der Waals surface area contributed by atoms with Gasteiger partial charge in [-0.25, -0.2) is 0 Å². The second-order valence-electron chi connectivity index (χ2n) is 5.73. The highest BCUT2D eigenvalue weighted by Gasteiger charge is 2.35. The second kappa shape index (κ2) is 6.37. The predicted molar refractivity (Wildman–Crippen MR) is 80.7 cm³/mol. The molecular formula is C16H23N3O. The third-order valence-electron chi connectivity index (χ3n) is 4.42. The molecule has 0 radical (unpaired) electrons. The highest BCUT2D eigenvalue weighted by atomic mass is 16.2. The molecule has 1 amide bonds. The number of nitrogens with zero attached hydrogens (tertiary/aromatic N) is 1. The van der Waals surface area contributed by atoms with Crippen LogP contribution in [-0.2, 0) is 4.79 Å². The van der Waals surface area contributed by atoms with E-state index in [2.05, 4.69) is 15.5 Å². The van der Waals surface area contributed by atoms with Crippen molar-refractivity contribution >= 4 is 11.6 Å². The summed E-state index contributed by atoms with van der Waals surface area (Å²) in [7, 11) is 0. The lowest BCUT2D eigenvalue weighted by Gasteiger charge is -2.35. The summed E-state index contributed by atoms with van der Waals surface area (Å²) < 4.78 is 0. The van der Waals surface area contributed by atoms with E-state index in [4.69, 9.17) is 0 Å². The number of anilines is 1. The highest BCUT2D eigenvalue weighted by Crippen LogP contribution is 2.25. The molecule has 20 heavy (non-hydrogen) atoms. The maximum atomic E-state index is 12.5. The fourth-order valence-corrected chi connectivity index (χ4v) is 3.39. The third-order valence-corrected chi connectivity index (χ3v) is 4.42. The molecule has 1 aromatic rings. The zero-order chi connectivity index (χ0) is 13.8. The van der Waals surface area contributed by atoms with Crippen LogP contribution in [0.2, 0.25) is 0 Å². The lowest BCUT2D eigenvalue weighted by Crippen LogP contribution is -2.49. The summed E-state index contributed by atoms with van der Waals surface area (Å²) in [5, 5.41) is 6.45. The van der Waals surface area contributed by atoms with Gasteiger partial charge in [-0.2, -0.15) is 0 Å². The molecule has 1 aromatic carbocycles. The number of benzene rings is 1. The Balaban J connectivity index is 1.64. The fraction of sp³-hybridized carbons (Fsp3) is 0.562. The minimum atomic E-state index is 0.0540. The fourth-order valence-electron chi connectivity index (χ4n) is 3.39. The molecule has 0 aliphatic carbocycles. The number of hydrogen-bond donors (Lipinski definition) is 2. The lowest BCUT2D eigenvalue weighted by atomic mass is 10.0. The van der Waals surface area contributed by atoms with Crippen LogP contribution in [-0.4, -0.2) is 42.5 Å². The van der Waals surface area contributed by atoms with E-state index in [1.54, 1.807) is 0 Å². The van der Waals surface area contributed by atoms with Crippen LogP contribution in [0.5, 0.6) is 0 Å². The van der Waals surface area contributed by atoms with E-state index in [1.807, 2.05) is 30.3 Å². The van der Waals surface area contributed by atoms with Crippen molar-refractivity contribution < 1.29 is 4.79 Å². The number of carbonyl (C=O) groups is 1. The monoisotopic (exact) mass is 273 g/mol. The minimum Gasteiger partial charge on any atom is -0.325 e. The van der Waals surface area contributed by atoms with Gasteiger partial charge in [0.25, 0.3) is 0 Å². The SMILES string of the molecule is O=C(Nc1ccccc1)C1CCCN1C1CCNCC1. The second-order valence-corrected chi connectivity index (χ2v) is 5.73. The van der Waals surface area contributed by atoms with E-state index in [0.717, 1.165) is 51.0 Å². The van der Waals surface area contributed by atoms with Crippen LogP contribution in [0.3, 0.4) is 0 Å². The zero-order valence-electron chi connectivity index (χ0n) is 11.8. The van der Waals surface area contributed by atoms with Crippen LogP contribution in [0.4, 0.5) is 5.69 Å². The largest absolute Gasteiger partial charge is 0.325 e. The molecule has 4 heteroatoms. The Labute approximate surface area is 120 Å². The Morgan fingerprint density at radius 1 is 1.15 bits per heavy atom. The van der Waals surface area contributed by atoms with Gasteiger partial charge in [-0.05, 0) is 57.5 Å². The molecule has 2 aliphatic heterocycles. The van der Waals surface area contributed by atoms with E-state index in [1.165, 1.54) is 0 Å². The van der Waals surface area contributed by atoms with Crippen molar-refractivity contribution in [3.63, 3.8) is 0 Å². The van der Waals surface area contributed by atoms with Crippen LogP contribution in [0.25, 0.3) is 0 Å². The van der Waals surface area contributed by atoms with Crippen molar-refractivity contribution in [3.8, 4) is 0 Å². The topological polar surface area (TPSA) is 44.4 Å². The summed E-state index contributed by atoms with van der Waals surface area (Å²) in [6, 6.07) is 10.4. The average Bonchev–Trinajstić information content (AvgIpc) is 2.99. The molecule has 0 spiro atoms. The number of hydrogen-bond acceptors (Lipinski definition) is 3. The van der Waals surface area contributed by atoms with Crippen LogP contribution < -0.4 is 10.6 Å². The maximum absolute atomic E-state index is 12.5. The van der Waals surface area contributed by atoms with Gasteiger partial charge < -0.3 is 10.6 Å². The van der Waals surface area contributed by atoms with E-state index >= 15 is 0 Å². The molecule has 2 N–H and O–H groups in total. The smallest absolute Gasteiger partial charge is 0.241 e. The molecule has 2 aliphatic rings. The van der Waals surface area contributed by atoms with E-state index in [0.29, 0.717) is 6.04 Å². The zero-order valence-corrected chi connectivity index (χ0v) is 11.8. The average molecular weight is 273 g/mol. The Hall–Kier alpha value is -1.39. The number of amides is 1. The van der Waals surface area contributed by atoms with Gasteiger partial charge >= 0.3 is 0 Å². The van der Waals surface area contributed by atoms with Crippen molar-refractivity contribution in [1.29, 1.82) is 0 Å². The molecule has 2 heterocycles. The first-order chi connectivity index (χ1) is 9.84. The van der Waals surface area contributed by atoms with Gasteiger partial charge in [0, 0.05) is 11.7 Å². The number of para-hydroxylation sites is 1. The summed E-state index contributed by atoms with van der Waals surface area (Å²) in [4.78, 5) is 14.9. The summed E-state index contributed by atoms with van der Waals surface area (Å²) in [6.07, 6.45) is 4.45. The molecular weight excluding hydrogens is 250 g/mol. The Morgan fingerprint density at radius 3 is 2.65 bits per heavy atom. The molecule has 0 aromatic heterocycles. The molecule has 2 fully saturated rings. The van der Waals surface area contributed by atoms with E-state index in [-0.39, 0.29) is 11.9 Å². The van der Waals surface area contributed by atoms with Gasteiger partial charge in [-0.1, -0.05) is 18.2 Å². The molecule has 0 bridgehead atoms. The first kappa shape index (κ1) is 13.6. The number of carbonyl (C=O) groups excluding carboxylic acids is 1. The molecule has 4 nitrogen and oxygen atoms in total. The standard InChI is InChI=1S/C16H23N3O/c20-16(18-13-5-2-1-3-6-13)15-7-4-12-19(15)14-8-10-17-11-9-14/h1-3,5-6,14-15,17H,4,7-12H2,(H,18,20). The molecule has 1 unspecified atom stereocenters. The van der Waals surface area contributed by atoms with Gasteiger partial charge in [-0.3, -0.25) is 9.69 Å². The Morgan fingerprint density at radius 2 is 1.90 bits per heavy atom. The van der Waals surface area contributed by atoms with E-state index in [9.17, 15) is 4.79 Å². The summed E-state index contributed by atoms with van der Waals surface area (Å²) in [5.74, 6) is 0.159. The third kappa shape index (κ3) is 3.02. The first-order valence-corrected chi connectivity index (χ1v) is 7.67. The summed E-state index contributed by atoms with van der Waals surface area (Å²) in [6.45, 7) is 3.22. The van der Waals surface area contributed by atoms with Crippen LogP contribution >= 0.6 is 0 Å². The quantitative estimate of drug-likeness (QED) is 0.883. The lowest BCUT2D eigenvalue weighted by molar-refractivity contribution is -0.121. The molecule has 2 saturated heterocycles. The van der Waals surface area contributed by atoms with E-state index < -0.39 is 0 Å². The van der Waals surface area contributed by atoms with Crippen molar-refractivity contribution in [2.45, 2.75) is 37.8 Å². The normalized spacial score (nSPS) is 24.7. The van der Waals surface area contributed by atoms with Gasteiger partial charge in [0.05, 0.1) is 6.04 Å². The van der Waals surface area contributed by atoms with Crippen molar-refractivity contribution in [1.82, 2.24) is 10.2 Å². The maximum Gasteiger partial charge on any atom is 0.241 e. The summed E-state index contributed by atoms with van der Waals surface area (Å²) in [5.41, 5.74) is 0.898. The van der Waals surface area contributed by atoms with Gasteiger partial charge in [0.1, 0.15) is 0 Å². The minimum absolute atomic E-state index is 0.0540. The van der Waals surface area contributed by atoms with Crippen molar-refractivity contribution in [2.75, 3.05) is 25.0 Å². The molecule has 3 rings (SSSR count). The van der Waals surface area contributed by atoms with Crippen molar-refractivity contribution in [2.24, 2.45) is 0 Å². The van der Waals surface area contributed by atoms with Gasteiger partial charge in [0.2, 0.25) is 5.91 Å². The number of piperidine rings is 1. The number of likely N-dealkylation sites (tertiary alicyclic amines) is 1. The molecule has 1 atom stereocenters. The Kier molecular flexibility index (Phi) is 4.33. The molecule has 108 valence electrons. The summed E-state index contributed by atoms with van der Waals surface area (Å²) >= 11 is 0. The number of nitrogens with one attached hydrogen (secondary N) is 2. The van der Waals surface area contributed by atoms with Crippen LogP contribution in [0.15, 0.2) is 30.3 Å². The predicted octanol–water partition coefficient (Wildman–Crippen LogP) is 1.84. The Bertz CT molecular complexity index is 442. The van der Waals surface area contributed by atoms with Gasteiger partial charge in [0.15, 0.2) is 0 Å². The van der Waals surface area contributed by atoms with Crippen molar-refractivity contribution in [3.05, 3.63) is 30.3 Å². The molecule has 0 saturated carbocycles. The van der Waals surface area contributed by atoms with Crippen LogP contribution in [0, 0.1) is 0 Å². The van der Waals surface area contributed by atoms with Crippen LogP contribution in [0.1, 0.15) is 25.7 Å². The highest BCUT2D eigenvalue weighted by molar-refractivity contribution is 5.95.